The van der Waals surface area contributed by atoms with Crippen LogP contribution in [0.2, 0.25) is 0 Å². The van der Waals surface area contributed by atoms with E-state index < -0.39 is 0 Å². The lowest BCUT2D eigenvalue weighted by molar-refractivity contribution is -0.121. The molecule has 7 heteroatoms. The molecule has 2 saturated heterocycles. The molecule has 154 valence electrons. The minimum atomic E-state index is 0. The second-order valence-electron chi connectivity index (χ2n) is 7.31. The monoisotopic (exact) mass is 417 g/mol. The third-order valence-corrected chi connectivity index (χ3v) is 5.54. The summed E-state index contributed by atoms with van der Waals surface area (Å²) in [4.78, 5) is 14.5. The Morgan fingerprint density at radius 1 is 1.19 bits per heavy atom. The van der Waals surface area contributed by atoms with E-state index in [-0.39, 0.29) is 30.7 Å². The normalized spacial score (nSPS) is 19.7. The topological polar surface area (TPSA) is 53.6 Å². The van der Waals surface area contributed by atoms with Gasteiger partial charge < -0.3 is 20.3 Å². The first-order valence-electron chi connectivity index (χ1n) is 9.61. The molecule has 1 atom stereocenters. The van der Waals surface area contributed by atoms with Crippen molar-refractivity contribution >= 4 is 36.4 Å². The number of para-hydroxylation sites is 2. The van der Waals surface area contributed by atoms with Gasteiger partial charge in [0.1, 0.15) is 5.75 Å². The number of amides is 1. The Morgan fingerprint density at radius 2 is 1.93 bits per heavy atom. The van der Waals surface area contributed by atoms with E-state index in [1.165, 1.54) is 12.8 Å². The first-order chi connectivity index (χ1) is 12.3. The van der Waals surface area contributed by atoms with Crippen LogP contribution in [0.3, 0.4) is 0 Å². The number of nitrogens with zero attached hydrogens (tertiary/aromatic N) is 1. The maximum absolute atomic E-state index is 12.1. The molecular formula is C20H33Cl2N3O2. The summed E-state index contributed by atoms with van der Waals surface area (Å²) in [6.45, 7) is 5.00. The SMILES string of the molecule is COc1ccccc1N1CCC(CNC(=O)CCC2CCNCC2)C1.Cl.Cl. The zero-order valence-corrected chi connectivity index (χ0v) is 17.7. The molecule has 1 aromatic carbocycles. The van der Waals surface area contributed by atoms with Crippen LogP contribution in [0, 0.1) is 11.8 Å². The number of benzene rings is 1. The van der Waals surface area contributed by atoms with Gasteiger partial charge in [-0.2, -0.15) is 0 Å². The number of methoxy groups -OCH3 is 1. The van der Waals surface area contributed by atoms with Gasteiger partial charge in [0.05, 0.1) is 12.8 Å². The minimum Gasteiger partial charge on any atom is -0.495 e. The number of nitrogens with one attached hydrogen (secondary N) is 2. The van der Waals surface area contributed by atoms with Crippen LogP contribution in [-0.2, 0) is 4.79 Å². The lowest BCUT2D eigenvalue weighted by Gasteiger charge is -2.22. The smallest absolute Gasteiger partial charge is 0.220 e. The van der Waals surface area contributed by atoms with Crippen LogP contribution in [0.25, 0.3) is 0 Å². The van der Waals surface area contributed by atoms with Crippen LogP contribution in [0.1, 0.15) is 32.1 Å². The van der Waals surface area contributed by atoms with E-state index in [9.17, 15) is 4.79 Å². The molecular weight excluding hydrogens is 385 g/mol. The molecule has 2 aliphatic heterocycles. The number of halogens is 2. The first-order valence-corrected chi connectivity index (χ1v) is 9.61. The molecule has 0 spiro atoms. The molecule has 1 aromatic rings. The van der Waals surface area contributed by atoms with Gasteiger partial charge in [0.2, 0.25) is 5.91 Å². The van der Waals surface area contributed by atoms with Gasteiger partial charge in [-0.05, 0) is 62.7 Å². The van der Waals surface area contributed by atoms with E-state index in [2.05, 4.69) is 21.6 Å². The van der Waals surface area contributed by atoms with Gasteiger partial charge in [0, 0.05) is 26.1 Å². The van der Waals surface area contributed by atoms with Crippen LogP contribution < -0.4 is 20.3 Å². The number of rotatable bonds is 7. The molecule has 1 unspecified atom stereocenters. The van der Waals surface area contributed by atoms with Crippen LogP contribution in [0.15, 0.2) is 24.3 Å². The fraction of sp³-hybridized carbons (Fsp3) is 0.650. The largest absolute Gasteiger partial charge is 0.495 e. The third-order valence-electron chi connectivity index (χ3n) is 5.54. The summed E-state index contributed by atoms with van der Waals surface area (Å²) in [6, 6.07) is 8.16. The van der Waals surface area contributed by atoms with Gasteiger partial charge in [0.15, 0.2) is 0 Å². The summed E-state index contributed by atoms with van der Waals surface area (Å²) in [6.07, 6.45) is 5.25. The van der Waals surface area contributed by atoms with Gasteiger partial charge in [0.25, 0.3) is 0 Å². The Kier molecular flexibility index (Phi) is 10.9. The second kappa shape index (κ2) is 12.3. The van der Waals surface area contributed by atoms with Crippen molar-refractivity contribution in [2.24, 2.45) is 11.8 Å². The van der Waals surface area contributed by atoms with E-state index in [1.807, 2.05) is 18.2 Å². The highest BCUT2D eigenvalue weighted by Gasteiger charge is 2.25. The van der Waals surface area contributed by atoms with Gasteiger partial charge in [-0.1, -0.05) is 12.1 Å². The predicted octanol–water partition coefficient (Wildman–Crippen LogP) is 3.26. The molecule has 2 aliphatic rings. The molecule has 2 fully saturated rings. The van der Waals surface area contributed by atoms with Crippen LogP contribution >= 0.6 is 24.8 Å². The summed E-state index contributed by atoms with van der Waals surface area (Å²) in [5.41, 5.74) is 1.16. The molecule has 0 saturated carbocycles. The second-order valence-corrected chi connectivity index (χ2v) is 7.31. The molecule has 2 heterocycles. The Bertz CT molecular complexity index is 568. The van der Waals surface area contributed by atoms with Crippen LogP contribution in [0.4, 0.5) is 5.69 Å². The van der Waals surface area contributed by atoms with Crippen molar-refractivity contribution in [3.05, 3.63) is 24.3 Å². The summed E-state index contributed by atoms with van der Waals surface area (Å²) in [7, 11) is 1.72. The molecule has 27 heavy (non-hydrogen) atoms. The van der Waals surface area contributed by atoms with Crippen LogP contribution in [0.5, 0.6) is 5.75 Å². The van der Waals surface area contributed by atoms with Crippen molar-refractivity contribution < 1.29 is 9.53 Å². The fourth-order valence-corrected chi connectivity index (χ4v) is 3.96. The lowest BCUT2D eigenvalue weighted by atomic mass is 9.93. The molecule has 0 bridgehead atoms. The maximum Gasteiger partial charge on any atom is 0.220 e. The van der Waals surface area contributed by atoms with Crippen molar-refractivity contribution in [1.82, 2.24) is 10.6 Å². The van der Waals surface area contributed by atoms with Gasteiger partial charge in [-0.15, -0.1) is 24.8 Å². The summed E-state index contributed by atoms with van der Waals surface area (Å²) in [5, 5.41) is 6.53. The van der Waals surface area contributed by atoms with E-state index in [1.54, 1.807) is 7.11 Å². The summed E-state index contributed by atoms with van der Waals surface area (Å²) >= 11 is 0. The number of carbonyl (C=O) groups is 1. The predicted molar refractivity (Wildman–Crippen MR) is 116 cm³/mol. The zero-order chi connectivity index (χ0) is 17.5. The zero-order valence-electron chi connectivity index (χ0n) is 16.1. The minimum absolute atomic E-state index is 0. The highest BCUT2D eigenvalue weighted by atomic mass is 35.5. The average molecular weight is 418 g/mol. The molecule has 2 N–H and O–H groups in total. The molecule has 0 aromatic heterocycles. The van der Waals surface area contributed by atoms with Gasteiger partial charge in [-0.25, -0.2) is 0 Å². The maximum atomic E-state index is 12.1. The number of hydrogen-bond acceptors (Lipinski definition) is 4. The van der Waals surface area contributed by atoms with Crippen molar-refractivity contribution in [3.63, 3.8) is 0 Å². The standard InChI is InChI=1S/C20H31N3O2.2ClH/c1-25-19-5-3-2-4-18(19)23-13-10-17(15-23)14-22-20(24)7-6-16-8-11-21-12-9-16;;/h2-5,16-17,21H,6-15H2,1H3,(H,22,24);2*1H. The molecule has 5 nitrogen and oxygen atoms in total. The molecule has 0 radical (unpaired) electrons. The fourth-order valence-electron chi connectivity index (χ4n) is 3.96. The molecule has 1 amide bonds. The molecule has 3 rings (SSSR count). The van der Waals surface area contributed by atoms with Crippen molar-refractivity contribution in [1.29, 1.82) is 0 Å². The highest BCUT2D eigenvalue weighted by molar-refractivity contribution is 5.85. The Morgan fingerprint density at radius 3 is 2.67 bits per heavy atom. The Hall–Kier alpha value is -1.17. The number of piperidine rings is 1. The van der Waals surface area contributed by atoms with Crippen molar-refractivity contribution in [2.75, 3.05) is 44.7 Å². The lowest BCUT2D eigenvalue weighted by Crippen LogP contribution is -2.32. The quantitative estimate of drug-likeness (QED) is 0.714. The van der Waals surface area contributed by atoms with Gasteiger partial charge in [-0.3, -0.25) is 4.79 Å². The Labute approximate surface area is 175 Å². The first kappa shape index (κ1) is 23.9. The van der Waals surface area contributed by atoms with Crippen LogP contribution in [-0.4, -0.2) is 45.7 Å². The van der Waals surface area contributed by atoms with E-state index in [0.717, 1.165) is 62.9 Å². The molecule has 0 aliphatic carbocycles. The summed E-state index contributed by atoms with van der Waals surface area (Å²) < 4.78 is 5.46. The average Bonchev–Trinajstić information content (AvgIpc) is 3.14. The highest BCUT2D eigenvalue weighted by Crippen LogP contribution is 2.31. The summed E-state index contributed by atoms with van der Waals surface area (Å²) in [5.74, 6) is 2.38. The van der Waals surface area contributed by atoms with Gasteiger partial charge >= 0.3 is 0 Å². The number of anilines is 1. The van der Waals surface area contributed by atoms with Crippen molar-refractivity contribution in [2.45, 2.75) is 32.1 Å². The van der Waals surface area contributed by atoms with E-state index in [0.29, 0.717) is 12.3 Å². The number of carbonyl (C=O) groups excluding carboxylic acids is 1. The Balaban J connectivity index is 0.00000182. The van der Waals surface area contributed by atoms with E-state index >= 15 is 0 Å². The number of hydrogen-bond donors (Lipinski definition) is 2. The van der Waals surface area contributed by atoms with Crippen molar-refractivity contribution in [3.8, 4) is 5.75 Å². The number of ether oxygens (including phenoxy) is 1. The van der Waals surface area contributed by atoms with E-state index in [4.69, 9.17) is 4.74 Å². The third kappa shape index (κ3) is 7.05.